The lowest BCUT2D eigenvalue weighted by atomic mass is 10.1. The van der Waals surface area contributed by atoms with Gasteiger partial charge in [0.05, 0.1) is 11.9 Å². The second kappa shape index (κ2) is 6.20. The molecule has 0 radical (unpaired) electrons. The number of nitrogens with one attached hydrogen (secondary N) is 1. The zero-order valence-corrected chi connectivity index (χ0v) is 13.2. The van der Waals surface area contributed by atoms with Gasteiger partial charge in [0.1, 0.15) is 5.58 Å². The normalized spacial score (nSPS) is 10.9. The van der Waals surface area contributed by atoms with Crippen LogP contribution in [0.5, 0.6) is 0 Å². The van der Waals surface area contributed by atoms with Gasteiger partial charge in [-0.05, 0) is 35.9 Å². The topological polar surface area (TPSA) is 72.2 Å². The van der Waals surface area contributed by atoms with E-state index in [9.17, 15) is 9.59 Å². The standard InChI is InChI=1S/C20H14N2O3/c23-18(12-15-4-1-3-13-5-2-10-21-20(13)15)22-16-7-8-17-14(11-16)6-9-19(24)25-17/h1-11H,12H2,(H,22,23). The van der Waals surface area contributed by atoms with Crippen molar-refractivity contribution in [3.05, 3.63) is 82.8 Å². The largest absolute Gasteiger partial charge is 0.423 e. The highest BCUT2D eigenvalue weighted by Gasteiger charge is 2.09. The van der Waals surface area contributed by atoms with E-state index in [1.165, 1.54) is 6.07 Å². The maximum atomic E-state index is 12.4. The third-order valence-corrected chi connectivity index (χ3v) is 3.97. The van der Waals surface area contributed by atoms with Gasteiger partial charge < -0.3 is 9.73 Å². The number of benzene rings is 2. The summed E-state index contributed by atoms with van der Waals surface area (Å²) in [4.78, 5) is 28.0. The molecule has 4 aromatic rings. The predicted octanol–water partition coefficient (Wildman–Crippen LogP) is 3.52. The first-order valence-corrected chi connectivity index (χ1v) is 7.85. The Hall–Kier alpha value is -3.47. The fourth-order valence-corrected chi connectivity index (χ4v) is 2.84. The van der Waals surface area contributed by atoms with Crippen LogP contribution in [0.2, 0.25) is 0 Å². The molecular formula is C20H14N2O3. The van der Waals surface area contributed by atoms with E-state index in [-0.39, 0.29) is 12.3 Å². The molecule has 1 amide bonds. The number of para-hydroxylation sites is 1. The Morgan fingerprint density at radius 3 is 2.80 bits per heavy atom. The molecule has 0 spiro atoms. The average Bonchev–Trinajstić information content (AvgIpc) is 2.62. The van der Waals surface area contributed by atoms with Crippen molar-refractivity contribution in [2.75, 3.05) is 5.32 Å². The fourth-order valence-electron chi connectivity index (χ4n) is 2.84. The molecule has 0 unspecified atom stereocenters. The van der Waals surface area contributed by atoms with Crippen LogP contribution >= 0.6 is 0 Å². The summed E-state index contributed by atoms with van der Waals surface area (Å²) in [7, 11) is 0. The van der Waals surface area contributed by atoms with Gasteiger partial charge in [0.15, 0.2) is 0 Å². The van der Waals surface area contributed by atoms with Crippen molar-refractivity contribution in [3.8, 4) is 0 Å². The molecule has 0 saturated carbocycles. The number of rotatable bonds is 3. The quantitative estimate of drug-likeness (QED) is 0.583. The van der Waals surface area contributed by atoms with Gasteiger partial charge in [-0.25, -0.2) is 4.79 Å². The van der Waals surface area contributed by atoms with Crippen molar-refractivity contribution < 1.29 is 9.21 Å². The van der Waals surface area contributed by atoms with E-state index in [0.29, 0.717) is 11.3 Å². The van der Waals surface area contributed by atoms with Gasteiger partial charge in [-0.2, -0.15) is 0 Å². The zero-order chi connectivity index (χ0) is 17.2. The van der Waals surface area contributed by atoms with Gasteiger partial charge in [-0.15, -0.1) is 0 Å². The van der Waals surface area contributed by atoms with E-state index in [2.05, 4.69) is 10.3 Å². The second-order valence-electron chi connectivity index (χ2n) is 5.72. The third-order valence-electron chi connectivity index (χ3n) is 3.97. The first kappa shape index (κ1) is 15.1. The molecular weight excluding hydrogens is 316 g/mol. The molecule has 4 rings (SSSR count). The van der Waals surface area contributed by atoms with Crippen LogP contribution in [0.4, 0.5) is 5.69 Å². The van der Waals surface area contributed by atoms with Crippen molar-refractivity contribution in [1.82, 2.24) is 4.98 Å². The molecule has 1 N–H and O–H groups in total. The molecule has 122 valence electrons. The average molecular weight is 330 g/mol. The monoisotopic (exact) mass is 330 g/mol. The molecule has 0 saturated heterocycles. The first-order chi connectivity index (χ1) is 12.2. The molecule has 5 heteroatoms. The Morgan fingerprint density at radius 1 is 1.00 bits per heavy atom. The van der Waals surface area contributed by atoms with E-state index >= 15 is 0 Å². The van der Waals surface area contributed by atoms with Crippen LogP contribution in [0.15, 0.2) is 76.1 Å². The van der Waals surface area contributed by atoms with Gasteiger partial charge in [-0.1, -0.05) is 24.3 Å². The van der Waals surface area contributed by atoms with Gasteiger partial charge >= 0.3 is 5.63 Å². The van der Waals surface area contributed by atoms with Crippen LogP contribution < -0.4 is 10.9 Å². The lowest BCUT2D eigenvalue weighted by molar-refractivity contribution is -0.115. The van der Waals surface area contributed by atoms with Gasteiger partial charge in [0.2, 0.25) is 5.91 Å². The lowest BCUT2D eigenvalue weighted by Crippen LogP contribution is -2.14. The van der Waals surface area contributed by atoms with Crippen LogP contribution in [-0.2, 0) is 11.2 Å². The molecule has 0 aliphatic carbocycles. The number of fused-ring (bicyclic) bond motifs is 2. The molecule has 0 fully saturated rings. The van der Waals surface area contributed by atoms with Crippen LogP contribution in [0.1, 0.15) is 5.56 Å². The van der Waals surface area contributed by atoms with E-state index in [4.69, 9.17) is 4.42 Å². The number of nitrogens with zero attached hydrogens (tertiary/aromatic N) is 1. The van der Waals surface area contributed by atoms with Crippen molar-refractivity contribution in [1.29, 1.82) is 0 Å². The molecule has 25 heavy (non-hydrogen) atoms. The van der Waals surface area contributed by atoms with Crippen LogP contribution in [0.3, 0.4) is 0 Å². The summed E-state index contributed by atoms with van der Waals surface area (Å²) in [6.07, 6.45) is 1.96. The minimum absolute atomic E-state index is 0.130. The Morgan fingerprint density at radius 2 is 1.88 bits per heavy atom. The maximum Gasteiger partial charge on any atom is 0.336 e. The van der Waals surface area contributed by atoms with Gasteiger partial charge in [0, 0.05) is 28.7 Å². The van der Waals surface area contributed by atoms with E-state index < -0.39 is 5.63 Å². The second-order valence-corrected chi connectivity index (χ2v) is 5.72. The number of hydrogen-bond donors (Lipinski definition) is 1. The van der Waals surface area contributed by atoms with Crippen LogP contribution in [-0.4, -0.2) is 10.9 Å². The number of anilines is 1. The van der Waals surface area contributed by atoms with Gasteiger partial charge in [-0.3, -0.25) is 9.78 Å². The number of pyridine rings is 1. The Bertz CT molecular complexity index is 1140. The van der Waals surface area contributed by atoms with E-state index in [1.54, 1.807) is 30.5 Å². The van der Waals surface area contributed by atoms with Crippen LogP contribution in [0.25, 0.3) is 21.9 Å². The lowest BCUT2D eigenvalue weighted by Gasteiger charge is -2.08. The SMILES string of the molecule is O=C(Cc1cccc2cccnc12)Nc1ccc2oc(=O)ccc2c1. The maximum absolute atomic E-state index is 12.4. The number of amides is 1. The molecule has 0 aliphatic rings. The fraction of sp³-hybridized carbons (Fsp3) is 0.0500. The minimum Gasteiger partial charge on any atom is -0.423 e. The number of carbonyl (C=O) groups is 1. The first-order valence-electron chi connectivity index (χ1n) is 7.85. The summed E-state index contributed by atoms with van der Waals surface area (Å²) >= 11 is 0. The minimum atomic E-state index is -0.396. The van der Waals surface area contributed by atoms with Crippen molar-refractivity contribution in [3.63, 3.8) is 0 Å². The number of hydrogen-bond acceptors (Lipinski definition) is 4. The molecule has 0 aliphatic heterocycles. The smallest absolute Gasteiger partial charge is 0.336 e. The van der Waals surface area contributed by atoms with Crippen LogP contribution in [0, 0.1) is 0 Å². The molecule has 5 nitrogen and oxygen atoms in total. The summed E-state index contributed by atoms with van der Waals surface area (Å²) in [5.74, 6) is -0.130. The Labute approximate surface area is 142 Å². The molecule has 0 atom stereocenters. The third kappa shape index (κ3) is 3.12. The molecule has 2 aromatic carbocycles. The highest BCUT2D eigenvalue weighted by Crippen LogP contribution is 2.19. The Balaban J connectivity index is 1.57. The molecule has 2 aromatic heterocycles. The molecule has 2 heterocycles. The number of carbonyl (C=O) groups excluding carboxylic acids is 1. The molecule has 0 bridgehead atoms. The van der Waals surface area contributed by atoms with Crippen molar-refractivity contribution in [2.45, 2.75) is 6.42 Å². The summed E-state index contributed by atoms with van der Waals surface area (Å²) in [5, 5.41) is 4.64. The van der Waals surface area contributed by atoms with Gasteiger partial charge in [0.25, 0.3) is 0 Å². The highest BCUT2D eigenvalue weighted by atomic mass is 16.4. The van der Waals surface area contributed by atoms with E-state index in [0.717, 1.165) is 21.9 Å². The van der Waals surface area contributed by atoms with E-state index in [1.807, 2.05) is 30.3 Å². The summed E-state index contributed by atoms with van der Waals surface area (Å²) in [6, 6.07) is 17.8. The summed E-state index contributed by atoms with van der Waals surface area (Å²) in [6.45, 7) is 0. The Kier molecular flexibility index (Phi) is 3.74. The van der Waals surface area contributed by atoms with Crippen molar-refractivity contribution >= 4 is 33.5 Å². The van der Waals surface area contributed by atoms with Crippen molar-refractivity contribution in [2.24, 2.45) is 0 Å². The summed E-state index contributed by atoms with van der Waals surface area (Å²) < 4.78 is 5.09. The number of aromatic nitrogens is 1. The zero-order valence-electron chi connectivity index (χ0n) is 13.2. The predicted molar refractivity (Wildman–Crippen MR) is 96.6 cm³/mol. The summed E-state index contributed by atoms with van der Waals surface area (Å²) in [5.41, 5.74) is 2.46. The highest BCUT2D eigenvalue weighted by molar-refractivity contribution is 5.96.